The average Bonchev–Trinajstić information content (AvgIpc) is 2.59. The topological polar surface area (TPSA) is 68.7 Å². The molecular weight excluding hydrogens is 365 g/mol. The fourth-order valence-corrected chi connectivity index (χ4v) is 3.05. The summed E-state index contributed by atoms with van der Waals surface area (Å²) in [5.74, 6) is -0.562. The second-order valence-electron chi connectivity index (χ2n) is 7.47. The van der Waals surface area contributed by atoms with Crippen LogP contribution in [0.5, 0.6) is 0 Å². The summed E-state index contributed by atoms with van der Waals surface area (Å²) in [6.07, 6.45) is -3.59. The summed E-state index contributed by atoms with van der Waals surface area (Å²) in [5, 5.41) is 0. The van der Waals surface area contributed by atoms with Gasteiger partial charge in [0.05, 0.1) is 12.5 Å². The van der Waals surface area contributed by atoms with E-state index in [1.54, 1.807) is 20.8 Å². The Kier molecular flexibility index (Phi) is 5.72. The van der Waals surface area contributed by atoms with E-state index in [4.69, 9.17) is 9.47 Å². The Labute approximate surface area is 155 Å². The molecule has 2 heterocycles. The molecule has 2 rings (SSSR count). The molecule has 1 amide bonds. The van der Waals surface area contributed by atoms with Crippen LogP contribution in [0.15, 0.2) is 18.3 Å². The normalized spacial score (nSPS) is 17.4. The Balaban J connectivity index is 2.23. The van der Waals surface area contributed by atoms with Gasteiger partial charge in [0, 0.05) is 19.3 Å². The predicted molar refractivity (Wildman–Crippen MR) is 90.0 cm³/mol. The number of hydrogen-bond acceptors (Lipinski definition) is 5. The maximum atomic E-state index is 12.7. The lowest BCUT2D eigenvalue weighted by Gasteiger charge is -2.40. The summed E-state index contributed by atoms with van der Waals surface area (Å²) in [7, 11) is 1.22. The summed E-state index contributed by atoms with van der Waals surface area (Å²) < 4.78 is 48.5. The van der Waals surface area contributed by atoms with Crippen LogP contribution < -0.4 is 0 Å². The molecule has 0 spiro atoms. The number of nitrogens with zero attached hydrogens (tertiary/aromatic N) is 2. The van der Waals surface area contributed by atoms with Crippen LogP contribution in [-0.4, -0.2) is 47.7 Å². The molecule has 0 radical (unpaired) electrons. The van der Waals surface area contributed by atoms with Gasteiger partial charge in [0.25, 0.3) is 0 Å². The summed E-state index contributed by atoms with van der Waals surface area (Å²) in [6.45, 7) is 5.68. The summed E-state index contributed by atoms with van der Waals surface area (Å²) in [6, 6.07) is 2.09. The summed E-state index contributed by atoms with van der Waals surface area (Å²) in [4.78, 5) is 29.6. The van der Waals surface area contributed by atoms with E-state index >= 15 is 0 Å². The van der Waals surface area contributed by atoms with Gasteiger partial charge >= 0.3 is 18.2 Å². The number of aromatic nitrogens is 1. The molecule has 0 aliphatic carbocycles. The van der Waals surface area contributed by atoms with Crippen LogP contribution in [0.1, 0.15) is 44.9 Å². The van der Waals surface area contributed by atoms with Crippen LogP contribution in [0.2, 0.25) is 0 Å². The molecule has 150 valence electrons. The predicted octanol–water partition coefficient (Wildman–Crippen LogP) is 3.54. The minimum Gasteiger partial charge on any atom is -0.468 e. The molecule has 0 saturated carbocycles. The highest BCUT2D eigenvalue weighted by molar-refractivity contribution is 5.83. The van der Waals surface area contributed by atoms with Gasteiger partial charge in [-0.1, -0.05) is 6.07 Å². The third-order valence-corrected chi connectivity index (χ3v) is 4.45. The standard InChI is InChI=1S/C18H23F3N2O4/c1-16(2,3)27-15(25)23-9-7-17(8-10-23,14(24)26-4)12-5-6-13(22-11-12)18(19,20)21/h5-6,11H,7-10H2,1-4H3. The van der Waals surface area contributed by atoms with Gasteiger partial charge in [-0.15, -0.1) is 0 Å². The minimum absolute atomic E-state index is 0.200. The number of alkyl halides is 3. The summed E-state index contributed by atoms with van der Waals surface area (Å²) in [5.41, 5.74) is -2.49. The number of esters is 1. The highest BCUT2D eigenvalue weighted by atomic mass is 19.4. The Morgan fingerprint density at radius 3 is 2.15 bits per heavy atom. The van der Waals surface area contributed by atoms with Crippen LogP contribution in [0.4, 0.5) is 18.0 Å². The molecule has 1 saturated heterocycles. The first kappa shape index (κ1) is 21.0. The van der Waals surface area contributed by atoms with Crippen molar-refractivity contribution in [1.82, 2.24) is 9.88 Å². The quantitative estimate of drug-likeness (QED) is 0.725. The highest BCUT2D eigenvalue weighted by Crippen LogP contribution is 2.38. The van der Waals surface area contributed by atoms with Crippen molar-refractivity contribution in [3.05, 3.63) is 29.6 Å². The molecule has 1 fully saturated rings. The van der Waals surface area contributed by atoms with Crippen molar-refractivity contribution in [2.45, 2.75) is 50.8 Å². The third kappa shape index (κ3) is 4.70. The molecule has 6 nitrogen and oxygen atoms in total. The highest BCUT2D eigenvalue weighted by Gasteiger charge is 2.46. The zero-order chi connectivity index (χ0) is 20.5. The average molecular weight is 388 g/mol. The number of ether oxygens (including phenoxy) is 2. The van der Waals surface area contributed by atoms with Gasteiger partial charge in [-0.25, -0.2) is 4.79 Å². The molecule has 0 N–H and O–H groups in total. The van der Waals surface area contributed by atoms with Crippen molar-refractivity contribution in [3.63, 3.8) is 0 Å². The Bertz CT molecular complexity index is 688. The second kappa shape index (κ2) is 7.36. The Morgan fingerprint density at radius 2 is 1.74 bits per heavy atom. The van der Waals surface area contributed by atoms with E-state index in [9.17, 15) is 22.8 Å². The Hall–Kier alpha value is -2.32. The number of pyridine rings is 1. The number of piperidine rings is 1. The van der Waals surface area contributed by atoms with E-state index in [2.05, 4.69) is 4.98 Å². The zero-order valence-electron chi connectivity index (χ0n) is 15.7. The van der Waals surface area contributed by atoms with E-state index in [0.717, 1.165) is 12.3 Å². The lowest BCUT2D eigenvalue weighted by atomic mass is 9.73. The van der Waals surface area contributed by atoms with E-state index in [-0.39, 0.29) is 25.9 Å². The first-order valence-corrected chi connectivity index (χ1v) is 8.49. The lowest BCUT2D eigenvalue weighted by Crippen LogP contribution is -2.50. The number of halogens is 3. The summed E-state index contributed by atoms with van der Waals surface area (Å²) >= 11 is 0. The van der Waals surface area contributed by atoms with Gasteiger partial charge in [0.15, 0.2) is 0 Å². The first-order valence-electron chi connectivity index (χ1n) is 8.49. The van der Waals surface area contributed by atoms with Gasteiger partial charge in [-0.2, -0.15) is 13.2 Å². The molecule has 1 aliphatic rings. The number of hydrogen-bond donors (Lipinski definition) is 0. The smallest absolute Gasteiger partial charge is 0.433 e. The van der Waals surface area contributed by atoms with Crippen molar-refractivity contribution in [2.75, 3.05) is 20.2 Å². The number of amides is 1. The Morgan fingerprint density at radius 1 is 1.15 bits per heavy atom. The van der Waals surface area contributed by atoms with E-state index in [0.29, 0.717) is 5.56 Å². The van der Waals surface area contributed by atoms with E-state index < -0.39 is 34.9 Å². The van der Waals surface area contributed by atoms with Gasteiger partial charge in [0.2, 0.25) is 0 Å². The molecule has 0 aromatic carbocycles. The molecule has 1 aromatic heterocycles. The molecule has 0 unspecified atom stereocenters. The molecule has 9 heteroatoms. The molecule has 0 atom stereocenters. The van der Waals surface area contributed by atoms with Gasteiger partial charge in [-0.05, 0) is 45.2 Å². The lowest BCUT2D eigenvalue weighted by molar-refractivity contribution is -0.149. The van der Waals surface area contributed by atoms with Gasteiger partial charge in [0.1, 0.15) is 11.3 Å². The largest absolute Gasteiger partial charge is 0.468 e. The SMILES string of the molecule is COC(=O)C1(c2ccc(C(F)(F)F)nc2)CCN(C(=O)OC(C)(C)C)CC1. The van der Waals surface area contributed by atoms with Crippen molar-refractivity contribution in [2.24, 2.45) is 0 Å². The molecule has 27 heavy (non-hydrogen) atoms. The maximum absolute atomic E-state index is 12.7. The van der Waals surface area contributed by atoms with Crippen molar-refractivity contribution in [1.29, 1.82) is 0 Å². The van der Waals surface area contributed by atoms with Crippen LogP contribution in [0.3, 0.4) is 0 Å². The van der Waals surface area contributed by atoms with Gasteiger partial charge in [-0.3, -0.25) is 9.78 Å². The van der Waals surface area contributed by atoms with Crippen LogP contribution in [0.25, 0.3) is 0 Å². The van der Waals surface area contributed by atoms with Crippen LogP contribution in [0, 0.1) is 0 Å². The molecule has 1 aliphatic heterocycles. The van der Waals surface area contributed by atoms with Gasteiger partial charge < -0.3 is 14.4 Å². The first-order chi connectivity index (χ1) is 12.4. The number of carbonyl (C=O) groups is 2. The fourth-order valence-electron chi connectivity index (χ4n) is 3.05. The van der Waals surface area contributed by atoms with Crippen LogP contribution >= 0.6 is 0 Å². The minimum atomic E-state index is -4.56. The molecule has 0 bridgehead atoms. The van der Waals surface area contributed by atoms with Crippen LogP contribution in [-0.2, 0) is 25.9 Å². The fraction of sp³-hybridized carbons (Fsp3) is 0.611. The van der Waals surface area contributed by atoms with E-state index in [1.165, 1.54) is 18.1 Å². The van der Waals surface area contributed by atoms with Crippen molar-refractivity contribution < 1.29 is 32.2 Å². The third-order valence-electron chi connectivity index (χ3n) is 4.45. The number of likely N-dealkylation sites (tertiary alicyclic amines) is 1. The van der Waals surface area contributed by atoms with Crippen molar-refractivity contribution in [3.8, 4) is 0 Å². The maximum Gasteiger partial charge on any atom is 0.433 e. The number of rotatable bonds is 2. The number of carbonyl (C=O) groups excluding carboxylic acids is 2. The second-order valence-corrected chi connectivity index (χ2v) is 7.47. The number of methoxy groups -OCH3 is 1. The monoisotopic (exact) mass is 388 g/mol. The van der Waals surface area contributed by atoms with E-state index in [1.807, 2.05) is 0 Å². The zero-order valence-corrected chi connectivity index (χ0v) is 15.7. The molecule has 1 aromatic rings. The molecular formula is C18H23F3N2O4. The van der Waals surface area contributed by atoms with Crippen molar-refractivity contribution >= 4 is 12.1 Å².